The first-order valence-corrected chi connectivity index (χ1v) is 11.8. The average molecular weight is 535 g/mol. The summed E-state index contributed by atoms with van der Waals surface area (Å²) < 4.78 is 83.7. The predicted molar refractivity (Wildman–Crippen MR) is 121 cm³/mol. The molecule has 0 bridgehead atoms. The van der Waals surface area contributed by atoms with Crippen molar-refractivity contribution in [1.29, 1.82) is 0 Å². The van der Waals surface area contributed by atoms with Gasteiger partial charge in [-0.25, -0.2) is 15.1 Å². The molecule has 0 spiro atoms. The van der Waals surface area contributed by atoms with Crippen molar-refractivity contribution in [2.45, 2.75) is 56.7 Å². The highest BCUT2D eigenvalue weighted by Gasteiger charge is 2.38. The van der Waals surface area contributed by atoms with Crippen LogP contribution in [0.15, 0.2) is 23.4 Å². The van der Waals surface area contributed by atoms with Gasteiger partial charge in [0.05, 0.1) is 30.2 Å². The maximum Gasteiger partial charge on any atom is 0.423 e. The van der Waals surface area contributed by atoms with E-state index in [1.54, 1.807) is 12.0 Å². The number of H-pyrrole nitrogens is 1. The molecular formula is C22H27F6N7O2. The van der Waals surface area contributed by atoms with Gasteiger partial charge in [0.15, 0.2) is 0 Å². The van der Waals surface area contributed by atoms with Gasteiger partial charge in [0, 0.05) is 50.7 Å². The van der Waals surface area contributed by atoms with Crippen LogP contribution in [0.5, 0.6) is 0 Å². The molecule has 4 heterocycles. The third-order valence-corrected chi connectivity index (χ3v) is 6.53. The van der Waals surface area contributed by atoms with Crippen molar-refractivity contribution in [2.75, 3.05) is 43.0 Å². The molecule has 0 saturated carbocycles. The van der Waals surface area contributed by atoms with Crippen LogP contribution in [0, 0.1) is 0 Å². The molecule has 0 amide bonds. The second-order valence-corrected chi connectivity index (χ2v) is 9.26. The molecule has 2 aliphatic rings. The topological polar surface area (TPSA) is 99.3 Å². The van der Waals surface area contributed by atoms with E-state index >= 15 is 0 Å². The largest absolute Gasteiger partial charge is 0.423 e. The number of piperidine rings is 1. The van der Waals surface area contributed by atoms with E-state index in [9.17, 15) is 31.1 Å². The number of aromatic amines is 1. The van der Waals surface area contributed by atoms with E-state index in [-0.39, 0.29) is 24.7 Å². The van der Waals surface area contributed by atoms with Gasteiger partial charge in [-0.05, 0) is 26.2 Å². The number of hydrogen-bond acceptors (Lipinski definition) is 8. The summed E-state index contributed by atoms with van der Waals surface area (Å²) in [5.74, 6) is 0.278. The summed E-state index contributed by atoms with van der Waals surface area (Å²) in [6, 6.07) is -0.211. The molecule has 2 aromatic rings. The molecule has 0 radical (unpaired) electrons. The van der Waals surface area contributed by atoms with E-state index in [2.05, 4.69) is 25.3 Å². The second-order valence-electron chi connectivity index (χ2n) is 9.26. The maximum absolute atomic E-state index is 13.2. The Balaban J connectivity index is 1.22. The first-order chi connectivity index (χ1) is 17.4. The Hall–Kier alpha value is -2.94. The summed E-state index contributed by atoms with van der Waals surface area (Å²) in [6.07, 6.45) is -4.49. The minimum Gasteiger partial charge on any atom is -0.378 e. The van der Waals surface area contributed by atoms with Crippen LogP contribution in [0.1, 0.15) is 37.3 Å². The molecule has 9 nitrogen and oxygen atoms in total. The highest BCUT2D eigenvalue weighted by molar-refractivity contribution is 5.50. The van der Waals surface area contributed by atoms with Crippen molar-refractivity contribution < 1.29 is 31.1 Å². The van der Waals surface area contributed by atoms with Crippen LogP contribution in [0.25, 0.3) is 0 Å². The lowest BCUT2D eigenvalue weighted by atomic mass is 10.0. The van der Waals surface area contributed by atoms with Gasteiger partial charge in [-0.15, -0.1) is 0 Å². The summed E-state index contributed by atoms with van der Waals surface area (Å²) in [5, 5.41) is 7.91. The van der Waals surface area contributed by atoms with Crippen molar-refractivity contribution in [1.82, 2.24) is 25.1 Å². The number of likely N-dealkylation sites (tertiary alicyclic amines) is 1. The zero-order chi connectivity index (χ0) is 26.8. The summed E-state index contributed by atoms with van der Waals surface area (Å²) in [4.78, 5) is 23.5. The Labute approximate surface area is 208 Å². The third-order valence-electron chi connectivity index (χ3n) is 6.53. The van der Waals surface area contributed by atoms with E-state index in [1.165, 1.54) is 0 Å². The van der Waals surface area contributed by atoms with Gasteiger partial charge in [-0.1, -0.05) is 0 Å². The number of aromatic nitrogens is 4. The molecule has 2 N–H and O–H groups in total. The number of rotatable bonds is 7. The van der Waals surface area contributed by atoms with E-state index in [4.69, 9.17) is 4.74 Å². The van der Waals surface area contributed by atoms with E-state index in [0.717, 1.165) is 44.4 Å². The van der Waals surface area contributed by atoms with Crippen LogP contribution in [0.2, 0.25) is 0 Å². The standard InChI is InChI=1S/C22H27F6N7O2/c1-13(32-17-10-31-33-19(36)18(17)22(26,27)28)12-37-16-4-7-35(11-16)15-2-5-34(6-3-15)20-29-8-14(9-30-20)21(23,24)25/h8-10,13,15-16H,2-7,11-12H2,1H3,(H2,32,33,36)/t13-,16?/m0/s1. The van der Waals surface area contributed by atoms with Crippen LogP contribution in [0.3, 0.4) is 0 Å². The SMILES string of the molecule is C[C@@H](COC1CCN(C2CCN(c3ncc(C(F)(F)F)cn3)CC2)C1)Nc1cn[nH]c(=O)c1C(F)(F)F. The highest BCUT2D eigenvalue weighted by Crippen LogP contribution is 2.32. The first-order valence-electron chi connectivity index (χ1n) is 11.8. The Morgan fingerprint density at radius 3 is 2.35 bits per heavy atom. The average Bonchev–Trinajstić information content (AvgIpc) is 3.31. The fourth-order valence-corrected chi connectivity index (χ4v) is 4.66. The van der Waals surface area contributed by atoms with Crippen LogP contribution < -0.4 is 15.8 Å². The number of alkyl halides is 6. The fourth-order valence-electron chi connectivity index (χ4n) is 4.66. The number of anilines is 2. The normalized spacial score (nSPS) is 20.8. The minimum absolute atomic E-state index is 0.0834. The summed E-state index contributed by atoms with van der Waals surface area (Å²) in [7, 11) is 0. The first kappa shape index (κ1) is 27.1. The van der Waals surface area contributed by atoms with Gasteiger partial charge < -0.3 is 15.0 Å². The van der Waals surface area contributed by atoms with Crippen LogP contribution >= 0.6 is 0 Å². The summed E-state index contributed by atoms with van der Waals surface area (Å²) in [6.45, 7) is 4.52. The van der Waals surface area contributed by atoms with Crippen molar-refractivity contribution in [3.05, 3.63) is 40.1 Å². The van der Waals surface area contributed by atoms with Gasteiger partial charge in [0.2, 0.25) is 5.95 Å². The number of ether oxygens (including phenoxy) is 1. The smallest absolute Gasteiger partial charge is 0.378 e. The molecule has 2 saturated heterocycles. The Bertz CT molecular complexity index is 1100. The van der Waals surface area contributed by atoms with Gasteiger partial charge in [-0.2, -0.15) is 31.4 Å². The molecule has 0 aromatic carbocycles. The molecule has 2 fully saturated rings. The molecule has 4 rings (SSSR count). The number of nitrogens with zero attached hydrogens (tertiary/aromatic N) is 5. The maximum atomic E-state index is 13.2. The Morgan fingerprint density at radius 2 is 1.73 bits per heavy atom. The van der Waals surface area contributed by atoms with Gasteiger partial charge in [0.25, 0.3) is 5.56 Å². The molecule has 37 heavy (non-hydrogen) atoms. The third kappa shape index (κ3) is 6.69. The van der Waals surface area contributed by atoms with Crippen LogP contribution in [-0.4, -0.2) is 76.0 Å². The molecule has 204 valence electrons. The lowest BCUT2D eigenvalue weighted by molar-refractivity contribution is -0.139. The molecule has 2 aromatic heterocycles. The van der Waals surface area contributed by atoms with Crippen molar-refractivity contribution in [3.8, 4) is 0 Å². The van der Waals surface area contributed by atoms with E-state index < -0.39 is 40.8 Å². The lowest BCUT2D eigenvalue weighted by Crippen LogP contribution is -2.45. The van der Waals surface area contributed by atoms with Crippen molar-refractivity contribution in [2.24, 2.45) is 0 Å². The number of halogens is 6. The van der Waals surface area contributed by atoms with Gasteiger partial charge in [-0.3, -0.25) is 9.69 Å². The van der Waals surface area contributed by atoms with Crippen molar-refractivity contribution in [3.63, 3.8) is 0 Å². The van der Waals surface area contributed by atoms with Crippen LogP contribution in [-0.2, 0) is 17.1 Å². The van der Waals surface area contributed by atoms with Crippen LogP contribution in [0.4, 0.5) is 38.0 Å². The van der Waals surface area contributed by atoms with Crippen molar-refractivity contribution >= 4 is 11.6 Å². The van der Waals surface area contributed by atoms with E-state index in [1.807, 2.05) is 4.90 Å². The lowest BCUT2D eigenvalue weighted by Gasteiger charge is -2.36. The monoisotopic (exact) mass is 535 g/mol. The molecule has 2 atom stereocenters. The molecule has 2 aliphatic heterocycles. The number of nitrogens with one attached hydrogen (secondary N) is 2. The molecule has 1 unspecified atom stereocenters. The molecule has 0 aliphatic carbocycles. The minimum atomic E-state index is -4.82. The predicted octanol–water partition coefficient (Wildman–Crippen LogP) is 3.16. The molecular weight excluding hydrogens is 508 g/mol. The summed E-state index contributed by atoms with van der Waals surface area (Å²) >= 11 is 0. The van der Waals surface area contributed by atoms with Gasteiger partial charge >= 0.3 is 12.4 Å². The second kappa shape index (κ2) is 10.8. The highest BCUT2D eigenvalue weighted by atomic mass is 19.4. The zero-order valence-electron chi connectivity index (χ0n) is 19.9. The Kier molecular flexibility index (Phi) is 7.92. The van der Waals surface area contributed by atoms with Gasteiger partial charge in [0.1, 0.15) is 5.56 Å². The number of hydrogen-bond donors (Lipinski definition) is 2. The van der Waals surface area contributed by atoms with E-state index in [0.29, 0.717) is 19.6 Å². The zero-order valence-corrected chi connectivity index (χ0v) is 19.9. The Morgan fingerprint density at radius 1 is 1.05 bits per heavy atom. The molecule has 15 heteroatoms. The quantitative estimate of drug-likeness (QED) is 0.522. The fraction of sp³-hybridized carbons (Fsp3) is 0.636. The summed E-state index contributed by atoms with van der Waals surface area (Å²) in [5.41, 5.74) is -3.92.